The molecule has 4 heteroatoms. The summed E-state index contributed by atoms with van der Waals surface area (Å²) in [5.74, 6) is 0.883. The lowest BCUT2D eigenvalue weighted by atomic mass is 9.74. The van der Waals surface area contributed by atoms with Gasteiger partial charge < -0.3 is 10.1 Å². The molecule has 0 heterocycles. The van der Waals surface area contributed by atoms with Gasteiger partial charge in [0, 0.05) is 13.0 Å². The van der Waals surface area contributed by atoms with E-state index in [4.69, 9.17) is 0 Å². The van der Waals surface area contributed by atoms with Crippen molar-refractivity contribution >= 4 is 11.9 Å². The molecule has 3 atom stereocenters. The van der Waals surface area contributed by atoms with E-state index in [1.807, 2.05) is 0 Å². The molecular formula is C14H25NO3. The first kappa shape index (κ1) is 15.2. The van der Waals surface area contributed by atoms with E-state index in [9.17, 15) is 9.59 Å². The van der Waals surface area contributed by atoms with E-state index < -0.39 is 11.9 Å². The van der Waals surface area contributed by atoms with Gasteiger partial charge in [-0.1, -0.05) is 27.2 Å². The summed E-state index contributed by atoms with van der Waals surface area (Å²) in [5, 5.41) is 3.26. The molecule has 1 saturated carbocycles. The molecule has 4 nitrogen and oxygen atoms in total. The fraction of sp³-hybridized carbons (Fsp3) is 0.857. The second-order valence-corrected chi connectivity index (χ2v) is 5.78. The molecule has 0 aromatic heterocycles. The number of hydrogen-bond acceptors (Lipinski definition) is 4. The Kier molecular flexibility index (Phi) is 5.79. The second kappa shape index (κ2) is 6.88. The molecule has 18 heavy (non-hydrogen) atoms. The lowest BCUT2D eigenvalue weighted by Gasteiger charge is -2.37. The molecule has 3 unspecified atom stereocenters. The Bertz CT molecular complexity index is 301. The van der Waals surface area contributed by atoms with Gasteiger partial charge in [0.05, 0.1) is 6.54 Å². The van der Waals surface area contributed by atoms with Crippen LogP contribution in [0.5, 0.6) is 0 Å². The maximum atomic E-state index is 11.3. The van der Waals surface area contributed by atoms with Crippen molar-refractivity contribution in [2.45, 2.75) is 53.0 Å². The minimum Gasteiger partial charge on any atom is -0.392 e. The molecule has 1 N–H and O–H groups in total. The summed E-state index contributed by atoms with van der Waals surface area (Å²) in [6, 6.07) is 0.355. The number of rotatable bonds is 4. The van der Waals surface area contributed by atoms with Crippen molar-refractivity contribution in [2.24, 2.45) is 17.8 Å². The average molecular weight is 255 g/mol. The van der Waals surface area contributed by atoms with Crippen LogP contribution in [0.4, 0.5) is 0 Å². The predicted octanol–water partition coefficient (Wildman–Crippen LogP) is 2.13. The lowest BCUT2D eigenvalue weighted by molar-refractivity contribution is -0.157. The number of hydrogen-bond donors (Lipinski definition) is 1. The molecule has 0 bridgehead atoms. The minimum absolute atomic E-state index is 0.125. The van der Waals surface area contributed by atoms with E-state index in [0.717, 1.165) is 6.42 Å². The fourth-order valence-electron chi connectivity index (χ4n) is 2.85. The highest BCUT2D eigenvalue weighted by Crippen LogP contribution is 2.33. The summed E-state index contributed by atoms with van der Waals surface area (Å²) in [5.41, 5.74) is 0. The zero-order valence-corrected chi connectivity index (χ0v) is 11.9. The molecule has 0 aliphatic heterocycles. The maximum absolute atomic E-state index is 11.3. The highest BCUT2D eigenvalue weighted by atomic mass is 16.6. The highest BCUT2D eigenvalue weighted by Gasteiger charge is 2.30. The molecule has 0 spiro atoms. The first-order chi connectivity index (χ1) is 8.40. The molecule has 1 fully saturated rings. The van der Waals surface area contributed by atoms with Gasteiger partial charge in [-0.15, -0.1) is 0 Å². The lowest BCUT2D eigenvalue weighted by Crippen LogP contribution is -2.45. The molecule has 1 aliphatic rings. The Morgan fingerprint density at radius 2 is 2.00 bits per heavy atom. The first-order valence-electron chi connectivity index (χ1n) is 6.84. The summed E-state index contributed by atoms with van der Waals surface area (Å²) in [6.45, 7) is 8.07. The Balaban J connectivity index is 2.46. The largest absolute Gasteiger partial charge is 0.392 e. The third kappa shape index (κ3) is 4.77. The van der Waals surface area contributed by atoms with Crippen LogP contribution in [-0.2, 0) is 14.3 Å². The Morgan fingerprint density at radius 3 is 2.56 bits per heavy atom. The molecule has 0 aromatic rings. The monoisotopic (exact) mass is 255 g/mol. The zero-order valence-electron chi connectivity index (χ0n) is 11.9. The Morgan fingerprint density at radius 1 is 1.33 bits per heavy atom. The van der Waals surface area contributed by atoms with Gasteiger partial charge in [0.25, 0.3) is 0 Å². The number of carbonyl (C=O) groups is 2. The highest BCUT2D eigenvalue weighted by molar-refractivity contribution is 5.85. The molecule has 0 aromatic carbocycles. The summed E-state index contributed by atoms with van der Waals surface area (Å²) < 4.78 is 4.52. The maximum Gasteiger partial charge on any atom is 0.327 e. The molecular weight excluding hydrogens is 230 g/mol. The van der Waals surface area contributed by atoms with Gasteiger partial charge in [-0.2, -0.15) is 0 Å². The topological polar surface area (TPSA) is 55.4 Å². The van der Waals surface area contributed by atoms with Crippen LogP contribution in [0, 0.1) is 17.8 Å². The van der Waals surface area contributed by atoms with Gasteiger partial charge in [-0.05, 0) is 30.6 Å². The van der Waals surface area contributed by atoms with Crippen LogP contribution in [0.1, 0.15) is 47.0 Å². The number of nitrogens with one attached hydrogen (secondary N) is 1. The van der Waals surface area contributed by atoms with E-state index in [-0.39, 0.29) is 6.54 Å². The summed E-state index contributed by atoms with van der Waals surface area (Å²) >= 11 is 0. The molecule has 0 radical (unpaired) electrons. The van der Waals surface area contributed by atoms with Crippen molar-refractivity contribution in [3.05, 3.63) is 0 Å². The summed E-state index contributed by atoms with van der Waals surface area (Å²) in [7, 11) is 0. The Hall–Kier alpha value is -0.900. The Labute approximate surface area is 109 Å². The SMILES string of the molecule is CC(=O)OC(=O)CNC1CC(C)CCC1C(C)C. The third-order valence-corrected chi connectivity index (χ3v) is 3.79. The van der Waals surface area contributed by atoms with Crippen LogP contribution in [-0.4, -0.2) is 24.5 Å². The smallest absolute Gasteiger partial charge is 0.327 e. The third-order valence-electron chi connectivity index (χ3n) is 3.79. The average Bonchev–Trinajstić information content (AvgIpc) is 2.25. The number of esters is 2. The number of ether oxygens (including phenoxy) is 1. The van der Waals surface area contributed by atoms with Crippen molar-refractivity contribution in [3.63, 3.8) is 0 Å². The minimum atomic E-state index is -0.542. The van der Waals surface area contributed by atoms with Crippen molar-refractivity contribution < 1.29 is 14.3 Å². The van der Waals surface area contributed by atoms with Crippen LogP contribution in [0.3, 0.4) is 0 Å². The normalized spacial score (nSPS) is 28.2. The van der Waals surface area contributed by atoms with E-state index >= 15 is 0 Å². The van der Waals surface area contributed by atoms with Gasteiger partial charge in [0.2, 0.25) is 0 Å². The van der Waals surface area contributed by atoms with E-state index in [2.05, 4.69) is 30.8 Å². The van der Waals surface area contributed by atoms with Crippen LogP contribution >= 0.6 is 0 Å². The van der Waals surface area contributed by atoms with Crippen LogP contribution < -0.4 is 5.32 Å². The zero-order chi connectivity index (χ0) is 13.7. The van der Waals surface area contributed by atoms with Gasteiger partial charge in [0.15, 0.2) is 0 Å². The van der Waals surface area contributed by atoms with Gasteiger partial charge in [-0.3, -0.25) is 9.59 Å². The van der Waals surface area contributed by atoms with Crippen LogP contribution in [0.15, 0.2) is 0 Å². The molecule has 1 rings (SSSR count). The van der Waals surface area contributed by atoms with Crippen LogP contribution in [0.2, 0.25) is 0 Å². The van der Waals surface area contributed by atoms with E-state index in [1.54, 1.807) is 0 Å². The fourth-order valence-corrected chi connectivity index (χ4v) is 2.85. The van der Waals surface area contributed by atoms with Gasteiger partial charge in [0.1, 0.15) is 0 Å². The molecule has 0 amide bonds. The predicted molar refractivity (Wildman–Crippen MR) is 69.9 cm³/mol. The molecule has 0 saturated heterocycles. The van der Waals surface area contributed by atoms with E-state index in [1.165, 1.54) is 19.8 Å². The van der Waals surface area contributed by atoms with Crippen molar-refractivity contribution in [3.8, 4) is 0 Å². The van der Waals surface area contributed by atoms with Crippen molar-refractivity contribution in [1.82, 2.24) is 5.32 Å². The van der Waals surface area contributed by atoms with Crippen molar-refractivity contribution in [2.75, 3.05) is 6.54 Å². The second-order valence-electron chi connectivity index (χ2n) is 5.78. The number of carbonyl (C=O) groups excluding carboxylic acids is 2. The summed E-state index contributed by atoms with van der Waals surface area (Å²) in [4.78, 5) is 22.0. The quantitative estimate of drug-likeness (QED) is 0.617. The first-order valence-corrected chi connectivity index (χ1v) is 6.84. The molecule has 104 valence electrons. The van der Waals surface area contributed by atoms with Gasteiger partial charge in [-0.25, -0.2) is 0 Å². The van der Waals surface area contributed by atoms with Crippen molar-refractivity contribution in [1.29, 1.82) is 0 Å². The van der Waals surface area contributed by atoms with Gasteiger partial charge >= 0.3 is 11.9 Å². The van der Waals surface area contributed by atoms with Crippen LogP contribution in [0.25, 0.3) is 0 Å². The van der Waals surface area contributed by atoms with E-state index in [0.29, 0.717) is 23.8 Å². The summed E-state index contributed by atoms with van der Waals surface area (Å²) in [6.07, 6.45) is 3.56. The molecule has 1 aliphatic carbocycles. The standard InChI is InChI=1S/C14H25NO3/c1-9(2)12-6-5-10(3)7-13(12)15-8-14(17)18-11(4)16/h9-10,12-13,15H,5-8H2,1-4H3.